The quantitative estimate of drug-likeness (QED) is 0.398. The van der Waals surface area contributed by atoms with Crippen LogP contribution in [0.25, 0.3) is 6.08 Å². The van der Waals surface area contributed by atoms with Gasteiger partial charge in [0.25, 0.3) is 0 Å². The number of aliphatic carboxylic acids is 1. The zero-order valence-corrected chi connectivity index (χ0v) is 22.5. The van der Waals surface area contributed by atoms with E-state index in [-0.39, 0.29) is 17.9 Å². The van der Waals surface area contributed by atoms with E-state index in [2.05, 4.69) is 0 Å². The van der Waals surface area contributed by atoms with E-state index in [1.54, 1.807) is 6.08 Å². The smallest absolute Gasteiger partial charge is 0.332 e. The first-order valence-electron chi connectivity index (χ1n) is 14.4. The summed E-state index contributed by atoms with van der Waals surface area (Å²) in [6.45, 7) is 4.01. The number of carboxylic acids is 1. The number of fused-ring (bicyclic) bond motifs is 1. The van der Waals surface area contributed by atoms with Crippen molar-refractivity contribution in [3.8, 4) is 5.75 Å². The maximum atomic E-state index is 12.9. The van der Waals surface area contributed by atoms with E-state index < -0.39 is 5.97 Å². The third kappa shape index (κ3) is 6.48. The molecular weight excluding hydrogens is 480 g/mol. The Labute approximate surface area is 225 Å². The number of carbonyl (C=O) groups excluding carboxylic acids is 1. The average Bonchev–Trinajstić information content (AvgIpc) is 3.53. The van der Waals surface area contributed by atoms with Crippen LogP contribution < -0.4 is 4.74 Å². The van der Waals surface area contributed by atoms with Crippen molar-refractivity contribution in [2.75, 3.05) is 19.7 Å². The van der Waals surface area contributed by atoms with E-state index in [0.717, 1.165) is 48.8 Å². The molecule has 0 unspecified atom stereocenters. The Hall–Kier alpha value is -3.09. The molecule has 0 spiro atoms. The molecule has 38 heavy (non-hydrogen) atoms. The first-order valence-corrected chi connectivity index (χ1v) is 14.4. The molecule has 7 heteroatoms. The lowest BCUT2D eigenvalue weighted by atomic mass is 9.82. The minimum Gasteiger partial charge on any atom is -0.493 e. The maximum Gasteiger partial charge on any atom is 0.332 e. The Balaban J connectivity index is 1.13. The highest BCUT2D eigenvalue weighted by Crippen LogP contribution is 2.36. The molecule has 204 valence electrons. The molecular formula is C31H40N2O5. The van der Waals surface area contributed by atoms with Gasteiger partial charge in [-0.05, 0) is 68.2 Å². The van der Waals surface area contributed by atoms with Crippen LogP contribution in [0.3, 0.4) is 0 Å². The lowest BCUT2D eigenvalue weighted by Gasteiger charge is -2.22. The third-order valence-corrected chi connectivity index (χ3v) is 8.64. The fraction of sp³-hybridized carbons (Fsp3) is 0.581. The molecule has 3 aliphatic rings. The summed E-state index contributed by atoms with van der Waals surface area (Å²) in [5, 5.41) is 9.74. The van der Waals surface area contributed by atoms with Crippen LogP contribution in [-0.4, -0.2) is 46.6 Å². The van der Waals surface area contributed by atoms with Crippen LogP contribution in [-0.2, 0) is 16.0 Å². The molecule has 1 amide bonds. The SMILES string of the molecule is Cc1oc(C2CCCCC2)nc1CCOc1ccc(/C=C(\CC(=O)N2C[C@H]3CCCC[C@H]3C2)C(=O)O)cc1. The second-order valence-electron chi connectivity index (χ2n) is 11.3. The van der Waals surface area contributed by atoms with Crippen LogP contribution in [0, 0.1) is 18.8 Å². The van der Waals surface area contributed by atoms with E-state index in [4.69, 9.17) is 14.1 Å². The van der Waals surface area contributed by atoms with Crippen LogP contribution in [0.5, 0.6) is 5.75 Å². The summed E-state index contributed by atoms with van der Waals surface area (Å²) in [5.74, 6) is 2.96. The van der Waals surface area contributed by atoms with Gasteiger partial charge in [0, 0.05) is 31.0 Å². The van der Waals surface area contributed by atoms with Crippen LogP contribution in [0.4, 0.5) is 0 Å². The number of ether oxygens (including phenoxy) is 1. The monoisotopic (exact) mass is 520 g/mol. The van der Waals surface area contributed by atoms with E-state index in [1.165, 1.54) is 44.9 Å². The van der Waals surface area contributed by atoms with Gasteiger partial charge in [0.1, 0.15) is 11.5 Å². The third-order valence-electron chi connectivity index (χ3n) is 8.64. The molecule has 0 bridgehead atoms. The van der Waals surface area contributed by atoms with Gasteiger partial charge in [-0.3, -0.25) is 4.79 Å². The molecule has 2 aliphatic carbocycles. The Kier molecular flexibility index (Phi) is 8.50. The van der Waals surface area contributed by atoms with Crippen LogP contribution >= 0.6 is 0 Å². The molecule has 1 saturated heterocycles. The maximum absolute atomic E-state index is 12.9. The summed E-state index contributed by atoms with van der Waals surface area (Å²) < 4.78 is 11.9. The lowest BCUT2D eigenvalue weighted by Crippen LogP contribution is -2.29. The number of rotatable bonds is 9. The van der Waals surface area contributed by atoms with Crippen molar-refractivity contribution in [1.29, 1.82) is 0 Å². The zero-order chi connectivity index (χ0) is 26.5. The number of oxazole rings is 1. The normalized spacial score (nSPS) is 22.3. The highest BCUT2D eigenvalue weighted by molar-refractivity contribution is 5.98. The minimum absolute atomic E-state index is 0.0765. The fourth-order valence-electron chi connectivity index (χ4n) is 6.41. The Morgan fingerprint density at radius 3 is 2.34 bits per heavy atom. The number of amides is 1. The van der Waals surface area contributed by atoms with Crippen molar-refractivity contribution >= 4 is 18.0 Å². The number of aryl methyl sites for hydroxylation is 1. The molecule has 5 rings (SSSR count). The average molecular weight is 521 g/mol. The van der Waals surface area contributed by atoms with Gasteiger partial charge in [0.05, 0.1) is 18.7 Å². The summed E-state index contributed by atoms with van der Waals surface area (Å²) in [5.41, 5.74) is 1.81. The molecule has 2 saturated carbocycles. The van der Waals surface area contributed by atoms with Crippen LogP contribution in [0.1, 0.15) is 93.0 Å². The number of hydrogen-bond donors (Lipinski definition) is 1. The van der Waals surface area contributed by atoms with E-state index in [0.29, 0.717) is 36.5 Å². The first-order chi connectivity index (χ1) is 18.5. The predicted octanol–water partition coefficient (Wildman–Crippen LogP) is 6.16. The summed E-state index contributed by atoms with van der Waals surface area (Å²) in [6, 6.07) is 7.33. The molecule has 1 aromatic carbocycles. The van der Waals surface area contributed by atoms with Gasteiger partial charge in [-0.25, -0.2) is 9.78 Å². The number of aromatic nitrogens is 1. The summed E-state index contributed by atoms with van der Waals surface area (Å²) in [6.07, 6.45) is 13.2. The molecule has 1 aromatic heterocycles. The van der Waals surface area contributed by atoms with E-state index >= 15 is 0 Å². The number of carbonyl (C=O) groups is 2. The lowest BCUT2D eigenvalue weighted by molar-refractivity contribution is -0.136. The van der Waals surface area contributed by atoms with Crippen molar-refractivity contribution in [3.63, 3.8) is 0 Å². The highest BCUT2D eigenvalue weighted by Gasteiger charge is 2.36. The Bertz CT molecular complexity index is 1130. The second kappa shape index (κ2) is 12.2. The Morgan fingerprint density at radius 1 is 1.03 bits per heavy atom. The molecule has 2 aromatic rings. The molecule has 1 aliphatic heterocycles. The van der Waals surface area contributed by atoms with Crippen molar-refractivity contribution in [3.05, 3.63) is 52.7 Å². The van der Waals surface area contributed by atoms with Gasteiger partial charge in [-0.2, -0.15) is 0 Å². The number of likely N-dealkylation sites (tertiary alicyclic amines) is 1. The molecule has 2 heterocycles. The summed E-state index contributed by atoms with van der Waals surface area (Å²) in [4.78, 5) is 31.4. The van der Waals surface area contributed by atoms with Crippen molar-refractivity contribution in [2.24, 2.45) is 11.8 Å². The standard InChI is InChI=1S/C31H40N2O5/c1-21-28(32-30(38-21)23-7-3-2-4-8-23)15-16-37-27-13-11-22(12-14-27)17-26(31(35)36)18-29(34)33-19-24-9-5-6-10-25(24)20-33/h11-14,17,23-25H,2-10,15-16,18-20H2,1H3,(H,35,36)/b26-17+/t24-,25+. The highest BCUT2D eigenvalue weighted by atomic mass is 16.5. The number of carboxylic acid groups (broad SMARTS) is 1. The molecule has 3 fully saturated rings. The van der Waals surface area contributed by atoms with Gasteiger partial charge in [0.15, 0.2) is 5.89 Å². The number of nitrogens with zero attached hydrogens (tertiary/aromatic N) is 2. The molecule has 1 N–H and O–H groups in total. The van der Waals surface area contributed by atoms with Crippen molar-refractivity contribution < 1.29 is 23.8 Å². The zero-order valence-electron chi connectivity index (χ0n) is 22.5. The molecule has 0 radical (unpaired) electrons. The Morgan fingerprint density at radius 2 is 1.68 bits per heavy atom. The van der Waals surface area contributed by atoms with Crippen LogP contribution in [0.2, 0.25) is 0 Å². The fourth-order valence-corrected chi connectivity index (χ4v) is 6.41. The summed E-state index contributed by atoms with van der Waals surface area (Å²) in [7, 11) is 0. The molecule has 7 nitrogen and oxygen atoms in total. The minimum atomic E-state index is -1.05. The second-order valence-corrected chi connectivity index (χ2v) is 11.3. The van der Waals surface area contributed by atoms with E-state index in [1.807, 2.05) is 36.1 Å². The van der Waals surface area contributed by atoms with Gasteiger partial charge in [-0.15, -0.1) is 0 Å². The van der Waals surface area contributed by atoms with Gasteiger partial charge in [-0.1, -0.05) is 44.2 Å². The van der Waals surface area contributed by atoms with Gasteiger partial charge >= 0.3 is 5.97 Å². The predicted molar refractivity (Wildman–Crippen MR) is 145 cm³/mol. The topological polar surface area (TPSA) is 92.9 Å². The van der Waals surface area contributed by atoms with E-state index in [9.17, 15) is 14.7 Å². The number of benzene rings is 1. The van der Waals surface area contributed by atoms with Crippen molar-refractivity contribution in [2.45, 2.75) is 83.5 Å². The summed E-state index contributed by atoms with van der Waals surface area (Å²) >= 11 is 0. The number of hydrogen-bond acceptors (Lipinski definition) is 5. The van der Waals surface area contributed by atoms with Crippen molar-refractivity contribution in [1.82, 2.24) is 9.88 Å². The first kappa shape index (κ1) is 26.5. The largest absolute Gasteiger partial charge is 0.493 e. The van der Waals surface area contributed by atoms with Gasteiger partial charge < -0.3 is 19.2 Å². The van der Waals surface area contributed by atoms with Crippen LogP contribution in [0.15, 0.2) is 34.3 Å². The van der Waals surface area contributed by atoms with Gasteiger partial charge in [0.2, 0.25) is 5.91 Å². The molecule has 2 atom stereocenters.